The molecule has 1 N–H and O–H groups in total. The summed E-state index contributed by atoms with van der Waals surface area (Å²) in [6, 6.07) is 11.8. The number of hydrogen-bond donors (Lipinski definition) is 1. The number of allylic oxidation sites excluding steroid dienone is 2. The molecule has 4 rings (SSSR count). The topological polar surface area (TPSA) is 92.8 Å². The van der Waals surface area contributed by atoms with Gasteiger partial charge in [0.25, 0.3) is 5.91 Å². The van der Waals surface area contributed by atoms with Gasteiger partial charge in [-0.3, -0.25) is 19.3 Å². The molecule has 0 radical (unpaired) electrons. The van der Waals surface area contributed by atoms with Crippen molar-refractivity contribution in [3.8, 4) is 0 Å². The summed E-state index contributed by atoms with van der Waals surface area (Å²) in [5.41, 5.74) is 3.24. The molecule has 1 heterocycles. The fraction of sp³-hybridized carbons (Fsp3) is 0.308. The molecule has 1 aliphatic carbocycles. The highest BCUT2D eigenvalue weighted by Gasteiger charge is 2.50. The van der Waals surface area contributed by atoms with Crippen LogP contribution in [0.15, 0.2) is 54.6 Å². The van der Waals surface area contributed by atoms with Crippen molar-refractivity contribution in [3.05, 3.63) is 71.3 Å². The molecule has 0 spiro atoms. The number of ether oxygens (including phenoxy) is 1. The van der Waals surface area contributed by atoms with Crippen LogP contribution >= 0.6 is 0 Å². The zero-order valence-electron chi connectivity index (χ0n) is 18.8. The molecule has 3 amide bonds. The van der Waals surface area contributed by atoms with Gasteiger partial charge in [0, 0.05) is 5.69 Å². The first-order valence-electron chi connectivity index (χ1n) is 10.9. The Morgan fingerprint density at radius 3 is 2.48 bits per heavy atom. The van der Waals surface area contributed by atoms with Crippen LogP contribution in [0.25, 0.3) is 0 Å². The van der Waals surface area contributed by atoms with E-state index in [-0.39, 0.29) is 35.1 Å². The summed E-state index contributed by atoms with van der Waals surface area (Å²) in [4.78, 5) is 51.5. The van der Waals surface area contributed by atoms with Crippen LogP contribution in [-0.2, 0) is 19.1 Å². The molecule has 2 aromatic carbocycles. The first-order valence-corrected chi connectivity index (χ1v) is 10.9. The first kappa shape index (κ1) is 22.5. The number of nitrogens with zero attached hydrogens (tertiary/aromatic N) is 1. The summed E-state index contributed by atoms with van der Waals surface area (Å²) in [7, 11) is 0. The highest BCUT2D eigenvalue weighted by atomic mass is 16.5. The summed E-state index contributed by atoms with van der Waals surface area (Å²) in [6.45, 7) is 5.32. The van der Waals surface area contributed by atoms with Crippen molar-refractivity contribution in [3.63, 3.8) is 0 Å². The van der Waals surface area contributed by atoms with Crippen LogP contribution in [-0.4, -0.2) is 30.3 Å². The lowest BCUT2D eigenvalue weighted by molar-refractivity contribution is -0.123. The number of imide groups is 1. The summed E-state index contributed by atoms with van der Waals surface area (Å²) in [6.07, 6.45) is 4.49. The lowest BCUT2D eigenvalue weighted by atomic mass is 9.78. The van der Waals surface area contributed by atoms with E-state index >= 15 is 0 Å². The molecule has 170 valence electrons. The van der Waals surface area contributed by atoms with Gasteiger partial charge in [-0.15, -0.1) is 0 Å². The van der Waals surface area contributed by atoms with Crippen molar-refractivity contribution in [2.75, 3.05) is 16.8 Å². The average Bonchev–Trinajstić information content (AvgIpc) is 3.05. The fourth-order valence-electron chi connectivity index (χ4n) is 4.42. The normalized spacial score (nSPS) is 21.7. The molecular formula is C26H26N2O5. The van der Waals surface area contributed by atoms with Gasteiger partial charge >= 0.3 is 5.97 Å². The Morgan fingerprint density at radius 2 is 1.79 bits per heavy atom. The van der Waals surface area contributed by atoms with Gasteiger partial charge in [-0.25, -0.2) is 4.79 Å². The van der Waals surface area contributed by atoms with Gasteiger partial charge in [0.1, 0.15) is 0 Å². The average molecular weight is 447 g/mol. The van der Waals surface area contributed by atoms with Gasteiger partial charge in [0.15, 0.2) is 6.61 Å². The smallest absolute Gasteiger partial charge is 0.338 e. The molecule has 0 saturated carbocycles. The predicted molar refractivity (Wildman–Crippen MR) is 124 cm³/mol. The Kier molecular flexibility index (Phi) is 6.14. The maximum absolute atomic E-state index is 12.9. The Morgan fingerprint density at radius 1 is 1.06 bits per heavy atom. The van der Waals surface area contributed by atoms with Crippen LogP contribution in [0, 0.1) is 31.6 Å². The number of amides is 3. The zero-order chi connectivity index (χ0) is 23.7. The van der Waals surface area contributed by atoms with Crippen LogP contribution in [0.3, 0.4) is 0 Å². The molecule has 3 atom stereocenters. The van der Waals surface area contributed by atoms with Crippen LogP contribution < -0.4 is 10.2 Å². The van der Waals surface area contributed by atoms with Gasteiger partial charge in [-0.05, 0) is 67.6 Å². The van der Waals surface area contributed by atoms with E-state index in [0.29, 0.717) is 17.8 Å². The summed E-state index contributed by atoms with van der Waals surface area (Å²) in [5, 5.41) is 2.74. The standard InChI is InChI=1S/C26H26N2O5/c1-15-7-8-16(2)21(13-15)27-22(29)14-33-26(32)18-9-11-19(12-10-18)28-24(30)20-6-4-5-17(3)23(20)25(28)31/h4-5,7-13,17,20,23H,6,14H2,1-3H3,(H,27,29)/t17-,20+,23-/m0/s1. The molecule has 0 aromatic heterocycles. The minimum absolute atomic E-state index is 0.00851. The van der Waals surface area contributed by atoms with Crippen LogP contribution in [0.2, 0.25) is 0 Å². The molecule has 7 heteroatoms. The summed E-state index contributed by atoms with van der Waals surface area (Å²) < 4.78 is 5.12. The third-order valence-corrected chi connectivity index (χ3v) is 6.24. The second kappa shape index (κ2) is 9.02. The summed E-state index contributed by atoms with van der Waals surface area (Å²) >= 11 is 0. The van der Waals surface area contributed by atoms with E-state index in [1.54, 1.807) is 12.1 Å². The Labute approximate surface area is 192 Å². The van der Waals surface area contributed by atoms with Crippen molar-refractivity contribution in [1.29, 1.82) is 0 Å². The number of hydrogen-bond acceptors (Lipinski definition) is 5. The SMILES string of the molecule is Cc1ccc(C)c(NC(=O)COC(=O)c2ccc(N3C(=O)[C@H]4[C@@H](C)C=CC[C@H]4C3=O)cc2)c1. The maximum Gasteiger partial charge on any atom is 0.338 e. The lowest BCUT2D eigenvalue weighted by Gasteiger charge is -2.22. The largest absolute Gasteiger partial charge is 0.452 e. The number of carbonyl (C=O) groups excluding carboxylic acids is 4. The van der Waals surface area contributed by atoms with Gasteiger partial charge in [-0.2, -0.15) is 0 Å². The van der Waals surface area contributed by atoms with Crippen molar-refractivity contribution in [1.82, 2.24) is 0 Å². The number of nitrogens with one attached hydrogen (secondary N) is 1. The number of rotatable bonds is 5. The minimum Gasteiger partial charge on any atom is -0.452 e. The number of fused-ring (bicyclic) bond motifs is 1. The van der Waals surface area contributed by atoms with E-state index in [1.807, 2.05) is 51.1 Å². The van der Waals surface area contributed by atoms with Crippen molar-refractivity contribution in [2.45, 2.75) is 27.2 Å². The van der Waals surface area contributed by atoms with E-state index in [9.17, 15) is 19.2 Å². The summed E-state index contributed by atoms with van der Waals surface area (Å²) in [5.74, 6) is -2.19. The fourth-order valence-corrected chi connectivity index (χ4v) is 4.42. The number of anilines is 2. The van der Waals surface area contributed by atoms with Crippen molar-refractivity contribution >= 4 is 35.1 Å². The molecule has 2 aliphatic rings. The van der Waals surface area contributed by atoms with Gasteiger partial charge in [0.2, 0.25) is 11.8 Å². The molecule has 7 nitrogen and oxygen atoms in total. The van der Waals surface area contributed by atoms with Crippen LogP contribution in [0.1, 0.15) is 34.8 Å². The molecular weight excluding hydrogens is 420 g/mol. The van der Waals surface area contributed by atoms with E-state index in [4.69, 9.17) is 4.74 Å². The number of carbonyl (C=O) groups is 4. The quantitative estimate of drug-likeness (QED) is 0.428. The van der Waals surface area contributed by atoms with E-state index in [1.165, 1.54) is 17.0 Å². The maximum atomic E-state index is 12.9. The lowest BCUT2D eigenvalue weighted by Crippen LogP contribution is -2.31. The zero-order valence-corrected chi connectivity index (χ0v) is 18.8. The Hall–Kier alpha value is -3.74. The first-order chi connectivity index (χ1) is 15.8. The molecule has 2 aromatic rings. The van der Waals surface area contributed by atoms with Gasteiger partial charge in [-0.1, -0.05) is 31.2 Å². The third-order valence-electron chi connectivity index (χ3n) is 6.24. The number of benzene rings is 2. The molecule has 1 aliphatic heterocycles. The second-order valence-corrected chi connectivity index (χ2v) is 8.66. The molecule has 33 heavy (non-hydrogen) atoms. The number of esters is 1. The minimum atomic E-state index is -0.664. The van der Waals surface area contributed by atoms with E-state index in [0.717, 1.165) is 11.1 Å². The third kappa shape index (κ3) is 4.44. The van der Waals surface area contributed by atoms with Crippen molar-refractivity contribution < 1.29 is 23.9 Å². The molecule has 1 saturated heterocycles. The molecule has 1 fully saturated rings. The van der Waals surface area contributed by atoms with Gasteiger partial charge < -0.3 is 10.1 Å². The van der Waals surface area contributed by atoms with E-state index < -0.39 is 18.5 Å². The number of aryl methyl sites for hydroxylation is 2. The predicted octanol–water partition coefficient (Wildman–Crippen LogP) is 3.80. The molecule has 0 unspecified atom stereocenters. The second-order valence-electron chi connectivity index (χ2n) is 8.66. The highest BCUT2D eigenvalue weighted by Crippen LogP contribution is 2.40. The molecule has 0 bridgehead atoms. The monoisotopic (exact) mass is 446 g/mol. The Bertz CT molecular complexity index is 1150. The van der Waals surface area contributed by atoms with Crippen LogP contribution in [0.4, 0.5) is 11.4 Å². The van der Waals surface area contributed by atoms with Gasteiger partial charge in [0.05, 0.1) is 23.1 Å². The van der Waals surface area contributed by atoms with E-state index in [2.05, 4.69) is 5.32 Å². The Balaban J connectivity index is 1.38. The highest BCUT2D eigenvalue weighted by molar-refractivity contribution is 6.22. The van der Waals surface area contributed by atoms with Crippen molar-refractivity contribution in [2.24, 2.45) is 17.8 Å². The van der Waals surface area contributed by atoms with Crippen LogP contribution in [0.5, 0.6) is 0 Å².